The molecule has 4 rings (SSSR count). The number of ether oxygens (including phenoxy) is 1. The minimum absolute atomic E-state index is 0.814. The average molecular weight is 300 g/mol. The summed E-state index contributed by atoms with van der Waals surface area (Å²) in [6, 6.07) is 6.63. The van der Waals surface area contributed by atoms with Gasteiger partial charge >= 0.3 is 0 Å². The van der Waals surface area contributed by atoms with Crippen molar-refractivity contribution in [2.45, 2.75) is 13.0 Å². The number of H-pyrrole nitrogens is 1. The van der Waals surface area contributed by atoms with Crippen LogP contribution in [0.2, 0.25) is 0 Å². The van der Waals surface area contributed by atoms with Gasteiger partial charge in [0.2, 0.25) is 0 Å². The van der Waals surface area contributed by atoms with Gasteiger partial charge in [-0.05, 0) is 30.5 Å². The molecular weight excluding hydrogens is 276 g/mol. The van der Waals surface area contributed by atoms with E-state index in [1.807, 2.05) is 6.20 Å². The first-order valence-electron chi connectivity index (χ1n) is 8.31. The molecule has 0 aliphatic carbocycles. The Labute approximate surface area is 131 Å². The highest BCUT2D eigenvalue weighted by atomic mass is 16.5. The highest BCUT2D eigenvalue weighted by Crippen LogP contribution is 2.21. The second kappa shape index (κ2) is 6.36. The molecule has 5 nitrogen and oxygen atoms in total. The van der Waals surface area contributed by atoms with Crippen molar-refractivity contribution in [2.24, 2.45) is 5.92 Å². The third kappa shape index (κ3) is 3.16. The fourth-order valence-corrected chi connectivity index (χ4v) is 3.70. The van der Waals surface area contributed by atoms with E-state index < -0.39 is 0 Å². The molecule has 22 heavy (non-hydrogen) atoms. The summed E-state index contributed by atoms with van der Waals surface area (Å²) in [5.74, 6) is 0.814. The number of hydrogen-bond donors (Lipinski definition) is 1. The lowest BCUT2D eigenvalue weighted by Crippen LogP contribution is -2.39. The van der Waals surface area contributed by atoms with E-state index >= 15 is 0 Å². The Morgan fingerprint density at radius 3 is 3.00 bits per heavy atom. The van der Waals surface area contributed by atoms with Crippen molar-refractivity contribution in [1.29, 1.82) is 0 Å². The maximum Gasteiger partial charge on any atom is 0.0653 e. The molecule has 2 saturated heterocycles. The summed E-state index contributed by atoms with van der Waals surface area (Å²) in [5.41, 5.74) is 2.52. The maximum absolute atomic E-state index is 5.43. The molecule has 0 bridgehead atoms. The van der Waals surface area contributed by atoms with Crippen molar-refractivity contribution in [2.75, 3.05) is 45.9 Å². The Hall–Kier alpha value is -1.43. The van der Waals surface area contributed by atoms with Crippen LogP contribution in [0, 0.1) is 5.92 Å². The molecule has 2 aliphatic rings. The quantitative estimate of drug-likeness (QED) is 0.934. The second-order valence-corrected chi connectivity index (χ2v) is 6.59. The zero-order valence-corrected chi connectivity index (χ0v) is 13.0. The van der Waals surface area contributed by atoms with Crippen molar-refractivity contribution in [1.82, 2.24) is 20.0 Å². The number of nitrogens with zero attached hydrogens (tertiary/aromatic N) is 3. The van der Waals surface area contributed by atoms with Crippen molar-refractivity contribution in [3.8, 4) is 0 Å². The summed E-state index contributed by atoms with van der Waals surface area (Å²) in [7, 11) is 0. The van der Waals surface area contributed by atoms with Crippen LogP contribution < -0.4 is 0 Å². The lowest BCUT2D eigenvalue weighted by molar-refractivity contribution is 0.0311. The summed E-state index contributed by atoms with van der Waals surface area (Å²) in [4.78, 5) is 5.15. The molecule has 2 aromatic rings. The van der Waals surface area contributed by atoms with Gasteiger partial charge in [-0.1, -0.05) is 12.1 Å². The van der Waals surface area contributed by atoms with Gasteiger partial charge in [-0.15, -0.1) is 0 Å². The lowest BCUT2D eigenvalue weighted by Gasteiger charge is -2.29. The van der Waals surface area contributed by atoms with Crippen molar-refractivity contribution in [3.63, 3.8) is 0 Å². The highest BCUT2D eigenvalue weighted by Gasteiger charge is 2.25. The molecule has 1 aromatic heterocycles. The summed E-state index contributed by atoms with van der Waals surface area (Å²) in [5, 5.41) is 8.35. The number of rotatable bonds is 4. The van der Waals surface area contributed by atoms with Crippen molar-refractivity contribution >= 4 is 10.9 Å². The van der Waals surface area contributed by atoms with E-state index in [1.165, 1.54) is 37.0 Å². The predicted octanol–water partition coefficient (Wildman–Crippen LogP) is 1.72. The first-order chi connectivity index (χ1) is 10.9. The van der Waals surface area contributed by atoms with Gasteiger partial charge in [0.25, 0.3) is 0 Å². The smallest absolute Gasteiger partial charge is 0.0653 e. The van der Waals surface area contributed by atoms with Crippen molar-refractivity contribution < 1.29 is 4.74 Å². The van der Waals surface area contributed by atoms with Crippen LogP contribution in [0.5, 0.6) is 0 Å². The zero-order valence-electron chi connectivity index (χ0n) is 13.0. The number of benzene rings is 1. The molecule has 1 aromatic carbocycles. The summed E-state index contributed by atoms with van der Waals surface area (Å²) in [6.07, 6.45) is 3.21. The Balaban J connectivity index is 1.32. The van der Waals surface area contributed by atoms with Gasteiger partial charge in [-0.25, -0.2) is 0 Å². The first-order valence-corrected chi connectivity index (χ1v) is 8.31. The molecular formula is C17H24N4O. The number of aromatic amines is 1. The molecule has 2 aliphatic heterocycles. The third-order valence-electron chi connectivity index (χ3n) is 4.90. The van der Waals surface area contributed by atoms with E-state index in [-0.39, 0.29) is 0 Å². The van der Waals surface area contributed by atoms with Crippen LogP contribution >= 0.6 is 0 Å². The molecule has 2 fully saturated rings. The van der Waals surface area contributed by atoms with Gasteiger partial charge in [0.1, 0.15) is 0 Å². The van der Waals surface area contributed by atoms with Gasteiger partial charge in [0.05, 0.1) is 24.9 Å². The number of hydrogen-bond acceptors (Lipinski definition) is 4. The third-order valence-corrected chi connectivity index (χ3v) is 4.90. The van der Waals surface area contributed by atoms with E-state index in [9.17, 15) is 0 Å². The van der Waals surface area contributed by atoms with Gasteiger partial charge in [0, 0.05) is 38.1 Å². The second-order valence-electron chi connectivity index (χ2n) is 6.59. The standard InChI is InChI=1S/C17H24N4O/c1-2-16-10-18-19-17(16)9-14(1)11-21-4-3-15(13-21)12-20-5-7-22-8-6-20/h1-2,9-10,15H,3-8,11-13H2,(H,18,19). The van der Waals surface area contributed by atoms with E-state index in [0.29, 0.717) is 0 Å². The molecule has 0 spiro atoms. The molecule has 0 saturated carbocycles. The van der Waals surface area contributed by atoms with E-state index in [4.69, 9.17) is 4.74 Å². The number of morpholine rings is 1. The summed E-state index contributed by atoms with van der Waals surface area (Å²) >= 11 is 0. The summed E-state index contributed by atoms with van der Waals surface area (Å²) < 4.78 is 5.43. The summed E-state index contributed by atoms with van der Waals surface area (Å²) in [6.45, 7) is 8.74. The van der Waals surface area contributed by atoms with Crippen LogP contribution in [0.15, 0.2) is 24.4 Å². The molecule has 118 valence electrons. The molecule has 1 N–H and O–H groups in total. The fraction of sp³-hybridized carbons (Fsp3) is 0.588. The average Bonchev–Trinajstić information content (AvgIpc) is 3.17. The monoisotopic (exact) mass is 300 g/mol. The zero-order chi connectivity index (χ0) is 14.8. The van der Waals surface area contributed by atoms with Crippen molar-refractivity contribution in [3.05, 3.63) is 30.0 Å². The SMILES string of the molecule is c1cc2cn[nH]c2cc1CN1CCC(CN2CCOCC2)C1. The van der Waals surface area contributed by atoms with Gasteiger partial charge in [-0.3, -0.25) is 14.9 Å². The van der Waals surface area contributed by atoms with Crippen LogP contribution in [0.4, 0.5) is 0 Å². The number of likely N-dealkylation sites (tertiary alicyclic amines) is 1. The van der Waals surface area contributed by atoms with Crippen LogP contribution in [0.1, 0.15) is 12.0 Å². The van der Waals surface area contributed by atoms with E-state index in [1.54, 1.807) is 0 Å². The van der Waals surface area contributed by atoms with Crippen LogP contribution in [0.25, 0.3) is 10.9 Å². The van der Waals surface area contributed by atoms with Gasteiger partial charge < -0.3 is 4.74 Å². The largest absolute Gasteiger partial charge is 0.379 e. The molecule has 5 heteroatoms. The Morgan fingerprint density at radius 2 is 2.09 bits per heavy atom. The Morgan fingerprint density at radius 1 is 1.18 bits per heavy atom. The highest BCUT2D eigenvalue weighted by molar-refractivity contribution is 5.78. The van der Waals surface area contributed by atoms with Gasteiger partial charge in [0.15, 0.2) is 0 Å². The van der Waals surface area contributed by atoms with Crippen LogP contribution in [0.3, 0.4) is 0 Å². The lowest BCUT2D eigenvalue weighted by atomic mass is 10.1. The topological polar surface area (TPSA) is 44.4 Å². The normalized spacial score (nSPS) is 24.3. The Bertz CT molecular complexity index is 620. The predicted molar refractivity (Wildman–Crippen MR) is 86.7 cm³/mol. The fourth-order valence-electron chi connectivity index (χ4n) is 3.70. The molecule has 3 heterocycles. The number of aromatic nitrogens is 2. The van der Waals surface area contributed by atoms with Crippen LogP contribution in [-0.2, 0) is 11.3 Å². The maximum atomic E-state index is 5.43. The number of fused-ring (bicyclic) bond motifs is 1. The van der Waals surface area contributed by atoms with Gasteiger partial charge in [-0.2, -0.15) is 5.10 Å². The Kier molecular flexibility index (Phi) is 4.10. The van der Waals surface area contributed by atoms with E-state index in [0.717, 1.165) is 44.3 Å². The minimum Gasteiger partial charge on any atom is -0.379 e. The molecule has 0 amide bonds. The van der Waals surface area contributed by atoms with Crippen LogP contribution in [-0.4, -0.2) is 65.9 Å². The molecule has 0 radical (unpaired) electrons. The molecule has 1 unspecified atom stereocenters. The first kappa shape index (κ1) is 14.2. The van der Waals surface area contributed by atoms with E-state index in [2.05, 4.69) is 38.2 Å². The number of nitrogens with one attached hydrogen (secondary N) is 1. The minimum atomic E-state index is 0.814. The molecule has 1 atom stereocenters.